The molecule has 0 radical (unpaired) electrons. The van der Waals surface area contributed by atoms with Crippen LogP contribution in [0.15, 0.2) is 16.5 Å². The van der Waals surface area contributed by atoms with Gasteiger partial charge in [-0.15, -0.1) is 5.06 Å². The van der Waals surface area contributed by atoms with Crippen LogP contribution in [-0.2, 0) is 16.2 Å². The number of furan rings is 1. The molecule has 5 heteroatoms. The van der Waals surface area contributed by atoms with Gasteiger partial charge in [0.2, 0.25) is 0 Å². The van der Waals surface area contributed by atoms with Gasteiger partial charge in [-0.2, -0.15) is 0 Å². The van der Waals surface area contributed by atoms with Gasteiger partial charge in [-0.25, -0.2) is 4.79 Å². The maximum atomic E-state index is 11.8. The molecule has 0 bridgehead atoms. The topological polar surface area (TPSA) is 45.9 Å². The van der Waals surface area contributed by atoms with E-state index in [1.807, 2.05) is 39.8 Å². The Hall–Kier alpha value is -1.33. The molecule has 0 atom stereocenters. The van der Waals surface area contributed by atoms with Gasteiger partial charge >= 0.3 is 5.97 Å². The van der Waals surface area contributed by atoms with E-state index in [9.17, 15) is 4.79 Å². The lowest BCUT2D eigenvalue weighted by Gasteiger charge is -2.34. The average molecular weight is 280 g/mol. The second kappa shape index (κ2) is 5.97. The highest BCUT2D eigenvalue weighted by molar-refractivity contribution is 5.75. The minimum Gasteiger partial charge on any atom is -0.465 e. The summed E-state index contributed by atoms with van der Waals surface area (Å²) >= 11 is 0. The lowest BCUT2D eigenvalue weighted by Crippen LogP contribution is -2.47. The van der Waals surface area contributed by atoms with Crippen molar-refractivity contribution in [3.63, 3.8) is 0 Å². The molecule has 0 saturated carbocycles. The Bertz CT molecular complexity index is 454. The molecule has 1 fully saturated rings. The van der Waals surface area contributed by atoms with Crippen LogP contribution in [0.4, 0.5) is 0 Å². The van der Waals surface area contributed by atoms with Crippen LogP contribution in [0.25, 0.3) is 0 Å². The second-order valence-electron chi connectivity index (χ2n) is 6.35. The quantitative estimate of drug-likeness (QED) is 0.849. The molecule has 1 saturated heterocycles. The fourth-order valence-corrected chi connectivity index (χ4v) is 2.02. The van der Waals surface area contributed by atoms with E-state index < -0.39 is 5.41 Å². The van der Waals surface area contributed by atoms with Crippen LogP contribution in [0.3, 0.4) is 0 Å². The number of hydroxylamine groups is 2. The minimum absolute atomic E-state index is 0.174. The second-order valence-corrected chi connectivity index (χ2v) is 6.35. The number of rotatable bonds is 3. The summed E-state index contributed by atoms with van der Waals surface area (Å²) in [7, 11) is 0. The van der Waals surface area contributed by atoms with E-state index >= 15 is 0 Å². The molecule has 1 aromatic heterocycles. The van der Waals surface area contributed by atoms with E-state index in [1.165, 1.54) is 0 Å². The highest BCUT2D eigenvalue weighted by atomic mass is 16.7. The third-order valence-corrected chi connectivity index (χ3v) is 3.33. The van der Waals surface area contributed by atoms with Gasteiger partial charge in [0.15, 0.2) is 0 Å². The van der Waals surface area contributed by atoms with Crippen LogP contribution in [-0.4, -0.2) is 42.1 Å². The Labute approximate surface area is 120 Å². The largest absolute Gasteiger partial charge is 0.465 e. The lowest BCUT2D eigenvalue weighted by atomic mass is 9.98. The van der Waals surface area contributed by atoms with Crippen molar-refractivity contribution in [2.75, 3.05) is 26.2 Å². The number of piperazine rings is 1. The molecule has 1 aromatic rings. The third-order valence-electron chi connectivity index (χ3n) is 3.33. The van der Waals surface area contributed by atoms with Gasteiger partial charge < -0.3 is 9.25 Å². The van der Waals surface area contributed by atoms with E-state index in [2.05, 4.69) is 4.90 Å². The summed E-state index contributed by atoms with van der Waals surface area (Å²) < 4.78 is 5.58. The van der Waals surface area contributed by atoms with Crippen LogP contribution in [0.5, 0.6) is 0 Å². The van der Waals surface area contributed by atoms with Gasteiger partial charge in [-0.3, -0.25) is 4.90 Å². The van der Waals surface area contributed by atoms with Crippen LogP contribution in [0.1, 0.15) is 32.3 Å². The first-order valence-corrected chi connectivity index (χ1v) is 7.09. The molecule has 2 heterocycles. The molecule has 2 rings (SSSR count). The first-order chi connectivity index (χ1) is 9.34. The standard InChI is InChI=1S/C15H24N2O3/c1-12-5-6-13(19-12)11-16-7-9-17(10-8-16)20-14(18)15(2,3)4/h5-6H,7-11H2,1-4H3. The fourth-order valence-electron chi connectivity index (χ4n) is 2.02. The minimum atomic E-state index is -0.456. The Morgan fingerprint density at radius 1 is 1.25 bits per heavy atom. The monoisotopic (exact) mass is 280 g/mol. The van der Waals surface area contributed by atoms with Crippen molar-refractivity contribution < 1.29 is 14.0 Å². The summed E-state index contributed by atoms with van der Waals surface area (Å²) in [6, 6.07) is 4.00. The summed E-state index contributed by atoms with van der Waals surface area (Å²) in [4.78, 5) is 19.5. The molecule has 0 spiro atoms. The molecule has 0 N–H and O–H groups in total. The molecule has 0 unspecified atom stereocenters. The zero-order valence-electron chi connectivity index (χ0n) is 12.8. The summed E-state index contributed by atoms with van der Waals surface area (Å²) in [6.45, 7) is 11.6. The Morgan fingerprint density at radius 3 is 2.40 bits per heavy atom. The van der Waals surface area contributed by atoms with E-state index in [4.69, 9.17) is 9.25 Å². The number of carbonyl (C=O) groups is 1. The highest BCUT2D eigenvalue weighted by Crippen LogP contribution is 2.17. The summed E-state index contributed by atoms with van der Waals surface area (Å²) in [5.74, 6) is 1.76. The molecule has 1 aliphatic rings. The Kier molecular flexibility index (Phi) is 4.50. The SMILES string of the molecule is Cc1ccc(CN2CCN(OC(=O)C(C)(C)C)CC2)o1. The van der Waals surface area contributed by atoms with Crippen molar-refractivity contribution in [1.29, 1.82) is 0 Å². The molecular weight excluding hydrogens is 256 g/mol. The summed E-state index contributed by atoms with van der Waals surface area (Å²) in [6.07, 6.45) is 0. The molecule has 112 valence electrons. The van der Waals surface area contributed by atoms with Crippen LogP contribution in [0, 0.1) is 12.3 Å². The zero-order valence-corrected chi connectivity index (χ0v) is 12.8. The molecule has 1 aliphatic heterocycles. The maximum absolute atomic E-state index is 11.8. The highest BCUT2D eigenvalue weighted by Gasteiger charge is 2.27. The van der Waals surface area contributed by atoms with Crippen molar-refractivity contribution in [1.82, 2.24) is 9.96 Å². The van der Waals surface area contributed by atoms with E-state index in [0.717, 1.165) is 44.2 Å². The zero-order chi connectivity index (χ0) is 14.8. The van der Waals surface area contributed by atoms with Gasteiger partial charge in [-0.1, -0.05) is 0 Å². The van der Waals surface area contributed by atoms with Crippen molar-refractivity contribution in [2.24, 2.45) is 5.41 Å². The van der Waals surface area contributed by atoms with Crippen molar-refractivity contribution in [2.45, 2.75) is 34.2 Å². The molecule has 0 amide bonds. The van der Waals surface area contributed by atoms with Crippen LogP contribution >= 0.6 is 0 Å². The molecule has 0 aromatic carbocycles. The number of carbonyl (C=O) groups excluding carboxylic acids is 1. The van der Waals surface area contributed by atoms with Gasteiger partial charge in [-0.05, 0) is 39.8 Å². The average Bonchev–Trinajstić information content (AvgIpc) is 2.76. The molecule has 0 aliphatic carbocycles. The Balaban J connectivity index is 1.76. The predicted molar refractivity (Wildman–Crippen MR) is 75.8 cm³/mol. The van der Waals surface area contributed by atoms with E-state index in [1.54, 1.807) is 5.06 Å². The predicted octanol–water partition coefficient (Wildman–Crippen LogP) is 2.21. The summed E-state index contributed by atoms with van der Waals surface area (Å²) in [5.41, 5.74) is -0.456. The van der Waals surface area contributed by atoms with Gasteiger partial charge in [0.1, 0.15) is 11.5 Å². The van der Waals surface area contributed by atoms with E-state index in [0.29, 0.717) is 0 Å². The fraction of sp³-hybridized carbons (Fsp3) is 0.667. The Morgan fingerprint density at radius 2 is 1.90 bits per heavy atom. The van der Waals surface area contributed by atoms with Crippen LogP contribution < -0.4 is 0 Å². The van der Waals surface area contributed by atoms with Crippen molar-refractivity contribution in [3.8, 4) is 0 Å². The number of hydrogen-bond acceptors (Lipinski definition) is 5. The maximum Gasteiger partial charge on any atom is 0.330 e. The van der Waals surface area contributed by atoms with Gasteiger partial charge in [0, 0.05) is 26.2 Å². The number of nitrogens with zero attached hydrogens (tertiary/aromatic N) is 2. The lowest BCUT2D eigenvalue weighted by molar-refractivity contribution is -0.207. The number of aryl methyl sites for hydroxylation is 1. The number of hydrogen-bond donors (Lipinski definition) is 0. The van der Waals surface area contributed by atoms with Gasteiger partial charge in [0.25, 0.3) is 0 Å². The smallest absolute Gasteiger partial charge is 0.330 e. The molecule has 5 nitrogen and oxygen atoms in total. The molecule has 20 heavy (non-hydrogen) atoms. The normalized spacial score (nSPS) is 18.2. The van der Waals surface area contributed by atoms with E-state index in [-0.39, 0.29) is 5.97 Å². The first kappa shape index (κ1) is 15.1. The van der Waals surface area contributed by atoms with Gasteiger partial charge in [0.05, 0.1) is 12.0 Å². The van der Waals surface area contributed by atoms with Crippen molar-refractivity contribution in [3.05, 3.63) is 23.7 Å². The first-order valence-electron chi connectivity index (χ1n) is 7.09. The van der Waals surface area contributed by atoms with Crippen molar-refractivity contribution >= 4 is 5.97 Å². The molecular formula is C15H24N2O3. The third kappa shape index (κ3) is 4.08. The summed E-state index contributed by atoms with van der Waals surface area (Å²) in [5, 5.41) is 1.76. The van der Waals surface area contributed by atoms with Crippen LogP contribution in [0.2, 0.25) is 0 Å².